The Balaban J connectivity index is 2.15. The van der Waals surface area contributed by atoms with Crippen LogP contribution in [-0.4, -0.2) is 17.7 Å². The lowest BCUT2D eigenvalue weighted by atomic mass is 9.91. The van der Waals surface area contributed by atoms with E-state index in [9.17, 15) is 9.90 Å². The second-order valence-electron chi connectivity index (χ2n) is 6.36. The van der Waals surface area contributed by atoms with E-state index in [4.69, 9.17) is 4.74 Å². The van der Waals surface area contributed by atoms with Gasteiger partial charge in [-0.2, -0.15) is 0 Å². The molecule has 0 aliphatic carbocycles. The molecular formula is C20H24O3. The summed E-state index contributed by atoms with van der Waals surface area (Å²) in [6, 6.07) is 15.4. The first-order chi connectivity index (χ1) is 11.0. The van der Waals surface area contributed by atoms with E-state index in [1.165, 1.54) is 0 Å². The Bertz CT molecular complexity index is 644. The van der Waals surface area contributed by atoms with Gasteiger partial charge in [0.05, 0.1) is 12.5 Å². The van der Waals surface area contributed by atoms with E-state index in [1.807, 2.05) is 55.5 Å². The van der Waals surface area contributed by atoms with Gasteiger partial charge in [-0.3, -0.25) is 4.79 Å². The van der Waals surface area contributed by atoms with Crippen molar-refractivity contribution in [2.45, 2.75) is 33.1 Å². The number of hydrogen-bond donors (Lipinski definition) is 1. The van der Waals surface area contributed by atoms with Gasteiger partial charge in [-0.25, -0.2) is 0 Å². The standard InChI is InChI=1S/C20H24O3/c1-14(2)13-23-18-6-4-5-16(11-18)12-19(20(21)22)17-9-7-15(3)8-10-17/h4-11,14,19H,12-13H2,1-3H3,(H,21,22). The Morgan fingerprint density at radius 3 is 2.43 bits per heavy atom. The minimum atomic E-state index is -0.803. The molecule has 0 spiro atoms. The van der Waals surface area contributed by atoms with Crippen LogP contribution in [-0.2, 0) is 11.2 Å². The summed E-state index contributed by atoms with van der Waals surface area (Å²) < 4.78 is 5.72. The highest BCUT2D eigenvalue weighted by atomic mass is 16.5. The highest BCUT2D eigenvalue weighted by Crippen LogP contribution is 2.24. The van der Waals surface area contributed by atoms with Crippen LogP contribution in [0.2, 0.25) is 0 Å². The topological polar surface area (TPSA) is 46.5 Å². The molecule has 0 bridgehead atoms. The Morgan fingerprint density at radius 1 is 1.13 bits per heavy atom. The average molecular weight is 312 g/mol. The molecule has 1 unspecified atom stereocenters. The summed E-state index contributed by atoms with van der Waals surface area (Å²) in [5.41, 5.74) is 2.93. The maximum atomic E-state index is 11.7. The van der Waals surface area contributed by atoms with E-state index < -0.39 is 11.9 Å². The van der Waals surface area contributed by atoms with Gasteiger partial charge in [-0.15, -0.1) is 0 Å². The summed E-state index contributed by atoms with van der Waals surface area (Å²) in [5, 5.41) is 9.57. The Labute approximate surface area is 137 Å². The molecule has 0 aliphatic heterocycles. The predicted octanol–water partition coefficient (Wildman–Crippen LogP) is 4.44. The maximum Gasteiger partial charge on any atom is 0.311 e. The van der Waals surface area contributed by atoms with Crippen LogP contribution in [0.1, 0.15) is 36.5 Å². The van der Waals surface area contributed by atoms with E-state index in [0.29, 0.717) is 18.9 Å². The van der Waals surface area contributed by atoms with Gasteiger partial charge < -0.3 is 9.84 Å². The second-order valence-corrected chi connectivity index (χ2v) is 6.36. The van der Waals surface area contributed by atoms with E-state index in [0.717, 1.165) is 22.4 Å². The third kappa shape index (κ3) is 5.13. The molecule has 0 fully saturated rings. The van der Waals surface area contributed by atoms with Crippen molar-refractivity contribution in [1.82, 2.24) is 0 Å². The molecule has 23 heavy (non-hydrogen) atoms. The number of aliphatic carboxylic acids is 1. The molecule has 0 aliphatic rings. The molecule has 0 amide bonds. The number of carboxylic acid groups (broad SMARTS) is 1. The van der Waals surface area contributed by atoms with Crippen molar-refractivity contribution in [3.05, 3.63) is 65.2 Å². The molecular weight excluding hydrogens is 288 g/mol. The monoisotopic (exact) mass is 312 g/mol. The number of hydrogen-bond acceptors (Lipinski definition) is 2. The van der Waals surface area contributed by atoms with Gasteiger partial charge in [-0.05, 0) is 42.5 Å². The molecule has 122 valence electrons. The first kappa shape index (κ1) is 17.1. The van der Waals surface area contributed by atoms with Crippen molar-refractivity contribution < 1.29 is 14.6 Å². The van der Waals surface area contributed by atoms with Crippen LogP contribution >= 0.6 is 0 Å². The Morgan fingerprint density at radius 2 is 1.83 bits per heavy atom. The van der Waals surface area contributed by atoms with Crippen molar-refractivity contribution in [2.75, 3.05) is 6.61 Å². The molecule has 0 saturated carbocycles. The van der Waals surface area contributed by atoms with Gasteiger partial charge in [0.15, 0.2) is 0 Å². The van der Waals surface area contributed by atoms with Gasteiger partial charge in [0.2, 0.25) is 0 Å². The number of ether oxygens (including phenoxy) is 1. The number of rotatable bonds is 7. The minimum absolute atomic E-state index is 0.456. The number of carboxylic acids is 1. The van der Waals surface area contributed by atoms with E-state index in [2.05, 4.69) is 13.8 Å². The molecule has 3 heteroatoms. The van der Waals surface area contributed by atoms with Gasteiger partial charge >= 0.3 is 5.97 Å². The minimum Gasteiger partial charge on any atom is -0.493 e. The zero-order valence-electron chi connectivity index (χ0n) is 14.0. The Hall–Kier alpha value is -2.29. The summed E-state index contributed by atoms with van der Waals surface area (Å²) in [6.07, 6.45) is 0.456. The van der Waals surface area contributed by atoms with Gasteiger partial charge in [0.25, 0.3) is 0 Å². The van der Waals surface area contributed by atoms with Crippen molar-refractivity contribution in [1.29, 1.82) is 0 Å². The third-order valence-corrected chi connectivity index (χ3v) is 3.70. The average Bonchev–Trinajstić information content (AvgIpc) is 2.52. The summed E-state index contributed by atoms with van der Waals surface area (Å²) in [7, 11) is 0. The third-order valence-electron chi connectivity index (χ3n) is 3.70. The van der Waals surface area contributed by atoms with Gasteiger partial charge in [0, 0.05) is 0 Å². The molecule has 0 heterocycles. The molecule has 0 radical (unpaired) electrons. The van der Waals surface area contributed by atoms with Crippen LogP contribution < -0.4 is 4.74 Å². The highest BCUT2D eigenvalue weighted by molar-refractivity contribution is 5.76. The first-order valence-corrected chi connectivity index (χ1v) is 7.97. The van der Waals surface area contributed by atoms with Crippen molar-refractivity contribution in [2.24, 2.45) is 5.92 Å². The normalized spacial score (nSPS) is 12.2. The predicted molar refractivity (Wildman–Crippen MR) is 92.0 cm³/mol. The van der Waals surface area contributed by atoms with Crippen LogP contribution in [0, 0.1) is 12.8 Å². The number of aryl methyl sites for hydroxylation is 1. The summed E-state index contributed by atoms with van der Waals surface area (Å²) >= 11 is 0. The van der Waals surface area contributed by atoms with E-state index in [-0.39, 0.29) is 0 Å². The zero-order chi connectivity index (χ0) is 16.8. The van der Waals surface area contributed by atoms with Gasteiger partial charge in [-0.1, -0.05) is 55.8 Å². The molecule has 1 N–H and O–H groups in total. The molecule has 2 rings (SSSR count). The van der Waals surface area contributed by atoms with Crippen molar-refractivity contribution >= 4 is 5.97 Å². The number of benzene rings is 2. The van der Waals surface area contributed by atoms with Crippen molar-refractivity contribution in [3.63, 3.8) is 0 Å². The van der Waals surface area contributed by atoms with Crippen LogP contribution in [0.5, 0.6) is 5.75 Å². The van der Waals surface area contributed by atoms with E-state index in [1.54, 1.807) is 0 Å². The lowest BCUT2D eigenvalue weighted by Crippen LogP contribution is -2.14. The van der Waals surface area contributed by atoms with Crippen molar-refractivity contribution in [3.8, 4) is 5.75 Å². The molecule has 1 atom stereocenters. The van der Waals surface area contributed by atoms with Crippen LogP contribution in [0.25, 0.3) is 0 Å². The maximum absolute atomic E-state index is 11.7. The quantitative estimate of drug-likeness (QED) is 0.822. The lowest BCUT2D eigenvalue weighted by Gasteiger charge is -2.15. The van der Waals surface area contributed by atoms with Gasteiger partial charge in [0.1, 0.15) is 5.75 Å². The first-order valence-electron chi connectivity index (χ1n) is 7.97. The fourth-order valence-corrected chi connectivity index (χ4v) is 2.41. The molecule has 0 aromatic heterocycles. The highest BCUT2D eigenvalue weighted by Gasteiger charge is 2.20. The summed E-state index contributed by atoms with van der Waals surface area (Å²) in [6.45, 7) is 6.85. The van der Waals surface area contributed by atoms with Crippen LogP contribution in [0.3, 0.4) is 0 Å². The molecule has 0 saturated heterocycles. The van der Waals surface area contributed by atoms with Crippen LogP contribution in [0.15, 0.2) is 48.5 Å². The SMILES string of the molecule is Cc1ccc(C(Cc2cccc(OCC(C)C)c2)C(=O)O)cc1. The smallest absolute Gasteiger partial charge is 0.311 e. The number of carbonyl (C=O) groups is 1. The molecule has 2 aromatic rings. The summed E-state index contributed by atoms with van der Waals surface area (Å²) in [4.78, 5) is 11.7. The molecule has 3 nitrogen and oxygen atoms in total. The van der Waals surface area contributed by atoms with Crippen LogP contribution in [0.4, 0.5) is 0 Å². The Kier molecular flexibility index (Phi) is 5.80. The van der Waals surface area contributed by atoms with E-state index >= 15 is 0 Å². The fraction of sp³-hybridized carbons (Fsp3) is 0.350. The fourth-order valence-electron chi connectivity index (χ4n) is 2.41. The lowest BCUT2D eigenvalue weighted by molar-refractivity contribution is -0.138. The molecule has 2 aromatic carbocycles. The zero-order valence-corrected chi connectivity index (χ0v) is 14.0. The second kappa shape index (κ2) is 7.82. The largest absolute Gasteiger partial charge is 0.493 e. The summed E-state index contributed by atoms with van der Waals surface area (Å²) in [5.74, 6) is -0.0967.